The number of ether oxygens (including phenoxy) is 1. The van der Waals surface area contributed by atoms with Crippen LogP contribution in [0.3, 0.4) is 0 Å². The zero-order valence-electron chi connectivity index (χ0n) is 15.6. The Morgan fingerprint density at radius 3 is 2.75 bits per heavy atom. The smallest absolute Gasteiger partial charge is 0.263 e. The molecule has 24 heavy (non-hydrogen) atoms. The molecule has 0 spiro atoms. The zero-order chi connectivity index (χ0) is 17.9. The van der Waals surface area contributed by atoms with Gasteiger partial charge in [0.25, 0.3) is 11.5 Å². The molecule has 0 saturated carbocycles. The number of aromatic nitrogens is 1. The van der Waals surface area contributed by atoms with Crippen LogP contribution in [0.25, 0.3) is 0 Å². The third-order valence-corrected chi connectivity index (χ3v) is 4.81. The minimum atomic E-state index is -0.208. The van der Waals surface area contributed by atoms with E-state index in [2.05, 4.69) is 13.8 Å². The first kappa shape index (κ1) is 18.7. The summed E-state index contributed by atoms with van der Waals surface area (Å²) in [5.41, 5.74) is 1.71. The van der Waals surface area contributed by atoms with Gasteiger partial charge in [-0.1, -0.05) is 26.7 Å². The average molecular weight is 334 g/mol. The van der Waals surface area contributed by atoms with E-state index in [9.17, 15) is 9.59 Å². The van der Waals surface area contributed by atoms with Crippen molar-refractivity contribution in [2.24, 2.45) is 13.0 Å². The lowest BCUT2D eigenvalue weighted by Gasteiger charge is -2.33. The van der Waals surface area contributed by atoms with Crippen molar-refractivity contribution in [3.8, 4) is 0 Å². The first-order valence-corrected chi connectivity index (χ1v) is 8.89. The van der Waals surface area contributed by atoms with Crippen LogP contribution in [0.5, 0.6) is 0 Å². The van der Waals surface area contributed by atoms with E-state index in [0.29, 0.717) is 31.2 Å². The molecule has 0 unspecified atom stereocenters. The summed E-state index contributed by atoms with van der Waals surface area (Å²) in [7, 11) is 1.71. The fraction of sp³-hybridized carbons (Fsp3) is 0.684. The van der Waals surface area contributed by atoms with Crippen LogP contribution in [-0.4, -0.2) is 41.2 Å². The van der Waals surface area contributed by atoms with Crippen LogP contribution in [0.1, 0.15) is 54.7 Å². The maximum absolute atomic E-state index is 12.9. The first-order valence-electron chi connectivity index (χ1n) is 8.89. The molecule has 2 rings (SSSR count). The van der Waals surface area contributed by atoms with Gasteiger partial charge in [-0.15, -0.1) is 0 Å². The predicted octanol–water partition coefficient (Wildman–Crippen LogP) is 2.67. The second-order valence-electron chi connectivity index (χ2n) is 7.28. The molecule has 0 bridgehead atoms. The lowest BCUT2D eigenvalue weighted by Crippen LogP contribution is -2.47. The lowest BCUT2D eigenvalue weighted by atomic mass is 10.0. The Morgan fingerprint density at radius 1 is 1.38 bits per heavy atom. The molecule has 0 N–H and O–H groups in total. The highest BCUT2D eigenvalue weighted by molar-refractivity contribution is 5.95. The van der Waals surface area contributed by atoms with Gasteiger partial charge in [-0.3, -0.25) is 9.59 Å². The number of amides is 1. The number of hydrogen-bond donors (Lipinski definition) is 0. The third-order valence-electron chi connectivity index (χ3n) is 4.81. The molecule has 1 aliphatic heterocycles. The van der Waals surface area contributed by atoms with Gasteiger partial charge in [-0.25, -0.2) is 0 Å². The molecule has 1 atom stereocenters. The number of rotatable bonds is 5. The van der Waals surface area contributed by atoms with Gasteiger partial charge in [0.15, 0.2) is 0 Å². The van der Waals surface area contributed by atoms with E-state index in [1.165, 1.54) is 6.42 Å². The van der Waals surface area contributed by atoms with Crippen molar-refractivity contribution in [3.63, 3.8) is 0 Å². The fourth-order valence-corrected chi connectivity index (χ4v) is 3.23. The van der Waals surface area contributed by atoms with Crippen molar-refractivity contribution in [1.29, 1.82) is 0 Å². The zero-order valence-corrected chi connectivity index (χ0v) is 15.6. The van der Waals surface area contributed by atoms with E-state index < -0.39 is 0 Å². The normalized spacial score (nSPS) is 18.2. The van der Waals surface area contributed by atoms with E-state index in [1.807, 2.05) is 19.9 Å². The Hall–Kier alpha value is -1.62. The van der Waals surface area contributed by atoms with Gasteiger partial charge in [0, 0.05) is 25.8 Å². The molecular formula is C19H30N2O3. The highest BCUT2D eigenvalue weighted by atomic mass is 16.5. The Bertz CT molecular complexity index is 649. The van der Waals surface area contributed by atoms with Crippen LogP contribution < -0.4 is 5.56 Å². The second-order valence-corrected chi connectivity index (χ2v) is 7.28. The van der Waals surface area contributed by atoms with E-state index >= 15 is 0 Å². The minimum absolute atomic E-state index is 0.0797. The lowest BCUT2D eigenvalue weighted by molar-refractivity contribution is -0.0261. The molecule has 1 aromatic rings. The van der Waals surface area contributed by atoms with E-state index in [0.717, 1.165) is 24.1 Å². The van der Waals surface area contributed by atoms with Crippen molar-refractivity contribution in [2.75, 3.05) is 19.7 Å². The largest absolute Gasteiger partial charge is 0.375 e. The van der Waals surface area contributed by atoms with Crippen LogP contribution >= 0.6 is 0 Å². The molecule has 2 heterocycles. The monoisotopic (exact) mass is 334 g/mol. The Morgan fingerprint density at radius 2 is 2.08 bits per heavy atom. The van der Waals surface area contributed by atoms with Crippen molar-refractivity contribution in [3.05, 3.63) is 33.2 Å². The summed E-state index contributed by atoms with van der Waals surface area (Å²) in [5, 5.41) is 0. The van der Waals surface area contributed by atoms with Gasteiger partial charge in [-0.05, 0) is 37.8 Å². The van der Waals surface area contributed by atoms with Gasteiger partial charge >= 0.3 is 0 Å². The molecule has 0 aromatic carbocycles. The van der Waals surface area contributed by atoms with E-state index in [4.69, 9.17) is 4.74 Å². The highest BCUT2D eigenvalue weighted by Crippen LogP contribution is 2.17. The molecular weight excluding hydrogens is 304 g/mol. The number of carbonyl (C=O) groups excluding carboxylic acids is 1. The van der Waals surface area contributed by atoms with Crippen molar-refractivity contribution in [1.82, 2.24) is 9.47 Å². The second kappa shape index (κ2) is 7.97. The van der Waals surface area contributed by atoms with Crippen LogP contribution in [0.4, 0.5) is 0 Å². The van der Waals surface area contributed by atoms with Crippen molar-refractivity contribution in [2.45, 2.75) is 53.1 Å². The summed E-state index contributed by atoms with van der Waals surface area (Å²) in [4.78, 5) is 27.2. The summed E-state index contributed by atoms with van der Waals surface area (Å²) >= 11 is 0. The molecule has 134 valence electrons. The maximum Gasteiger partial charge on any atom is 0.263 e. The molecule has 1 aromatic heterocycles. The van der Waals surface area contributed by atoms with Gasteiger partial charge in [0.05, 0.1) is 12.7 Å². The molecule has 5 nitrogen and oxygen atoms in total. The van der Waals surface area contributed by atoms with E-state index in [1.54, 1.807) is 16.5 Å². The minimum Gasteiger partial charge on any atom is -0.375 e. The van der Waals surface area contributed by atoms with Crippen molar-refractivity contribution >= 4 is 5.91 Å². The molecule has 1 fully saturated rings. The van der Waals surface area contributed by atoms with Gasteiger partial charge in [0.2, 0.25) is 0 Å². The maximum atomic E-state index is 12.9. The Kier molecular flexibility index (Phi) is 6.21. The number of morpholine rings is 1. The first-order chi connectivity index (χ1) is 11.3. The average Bonchev–Trinajstić information content (AvgIpc) is 2.52. The molecule has 0 aliphatic carbocycles. The standard InChI is InChI=1S/C19H30N2O3/c1-13(2)7-6-8-16-12-21(9-10-24-16)19(23)17-14(3)11-15(4)20(5)18(17)22/h11,13,16H,6-10,12H2,1-5H3/t16-/m1/s1. The molecule has 1 amide bonds. The topological polar surface area (TPSA) is 51.5 Å². The predicted molar refractivity (Wildman–Crippen MR) is 95.5 cm³/mol. The molecule has 0 radical (unpaired) electrons. The summed E-state index contributed by atoms with van der Waals surface area (Å²) in [6.07, 6.45) is 3.32. The molecule has 1 saturated heterocycles. The van der Waals surface area contributed by atoms with Crippen LogP contribution in [-0.2, 0) is 11.8 Å². The number of pyridine rings is 1. The van der Waals surface area contributed by atoms with Crippen LogP contribution in [0.2, 0.25) is 0 Å². The number of aryl methyl sites for hydroxylation is 2. The highest BCUT2D eigenvalue weighted by Gasteiger charge is 2.27. The SMILES string of the molecule is Cc1cc(C)n(C)c(=O)c1C(=O)N1CCO[C@H](CCCC(C)C)C1. The van der Waals surface area contributed by atoms with Crippen molar-refractivity contribution < 1.29 is 9.53 Å². The fourth-order valence-electron chi connectivity index (χ4n) is 3.23. The summed E-state index contributed by atoms with van der Waals surface area (Å²) in [6, 6.07) is 1.90. The third kappa shape index (κ3) is 4.26. The van der Waals surface area contributed by atoms with Crippen LogP contribution in [0.15, 0.2) is 10.9 Å². The molecule has 1 aliphatic rings. The molecule has 5 heteroatoms. The number of carbonyl (C=O) groups is 1. The number of nitrogens with zero attached hydrogens (tertiary/aromatic N) is 2. The Labute approximate surface area is 144 Å². The quantitative estimate of drug-likeness (QED) is 0.832. The van der Waals surface area contributed by atoms with Gasteiger partial charge < -0.3 is 14.2 Å². The van der Waals surface area contributed by atoms with Gasteiger partial charge in [0.1, 0.15) is 5.56 Å². The number of hydrogen-bond acceptors (Lipinski definition) is 3. The summed E-state index contributed by atoms with van der Waals surface area (Å²) in [6.45, 7) is 9.82. The summed E-state index contributed by atoms with van der Waals surface area (Å²) < 4.78 is 7.34. The van der Waals surface area contributed by atoms with Crippen LogP contribution in [0, 0.1) is 19.8 Å². The Balaban J connectivity index is 2.10. The van der Waals surface area contributed by atoms with E-state index in [-0.39, 0.29) is 17.6 Å². The summed E-state index contributed by atoms with van der Waals surface area (Å²) in [5.74, 6) is 0.523. The van der Waals surface area contributed by atoms with Gasteiger partial charge in [-0.2, -0.15) is 0 Å².